The zero-order valence-corrected chi connectivity index (χ0v) is 19.3. The quantitative estimate of drug-likeness (QED) is 0.602. The monoisotopic (exact) mass is 506 g/mol. The highest BCUT2D eigenvalue weighted by Gasteiger charge is 2.57. The average Bonchev–Trinajstić information content (AvgIpc) is 3.26. The lowest BCUT2D eigenvalue weighted by Crippen LogP contribution is -2.43. The third-order valence-electron chi connectivity index (χ3n) is 6.16. The second-order valence-corrected chi connectivity index (χ2v) is 10.2. The number of hydrogen-bond acceptors (Lipinski definition) is 8. The summed E-state index contributed by atoms with van der Waals surface area (Å²) in [6.45, 7) is 1.42. The number of fused-ring (bicyclic) bond motifs is 2. The van der Waals surface area contributed by atoms with E-state index in [1.54, 1.807) is 4.90 Å². The summed E-state index contributed by atoms with van der Waals surface area (Å²) in [5.41, 5.74) is 5.81. The van der Waals surface area contributed by atoms with Crippen LogP contribution in [0.3, 0.4) is 0 Å². The van der Waals surface area contributed by atoms with Gasteiger partial charge in [-0.1, -0.05) is 35.2 Å². The lowest BCUT2D eigenvalue weighted by molar-refractivity contribution is -0.137. The molecule has 0 radical (unpaired) electrons. The summed E-state index contributed by atoms with van der Waals surface area (Å²) in [6.07, 6.45) is 0. The molecule has 13 heteroatoms. The minimum absolute atomic E-state index is 0.229. The first-order valence-corrected chi connectivity index (χ1v) is 12.2. The van der Waals surface area contributed by atoms with Gasteiger partial charge in [0.15, 0.2) is 0 Å². The number of amides is 5. The second kappa shape index (κ2) is 8.64. The number of ether oxygens (including phenoxy) is 1. The van der Waals surface area contributed by atoms with Crippen molar-refractivity contribution < 1.29 is 28.3 Å². The van der Waals surface area contributed by atoms with Crippen LogP contribution in [0.5, 0.6) is 0 Å². The summed E-state index contributed by atoms with van der Waals surface area (Å²) in [6, 6.07) is 4.23. The van der Waals surface area contributed by atoms with E-state index in [9.17, 15) is 28.4 Å². The molecule has 2 aromatic rings. The number of benzene rings is 1. The molecule has 4 heterocycles. The van der Waals surface area contributed by atoms with Crippen LogP contribution in [0.15, 0.2) is 34.1 Å². The number of imide groups is 3. The molecule has 34 heavy (non-hydrogen) atoms. The van der Waals surface area contributed by atoms with Crippen molar-refractivity contribution in [2.45, 2.75) is 22.7 Å². The zero-order valence-electron chi connectivity index (χ0n) is 17.6. The lowest BCUT2D eigenvalue weighted by Gasteiger charge is -2.31. The number of aromatic nitrogens is 1. The molecule has 2 fully saturated rings. The maximum Gasteiger partial charge on any atom is 0.328 e. The number of thioether (sulfide) groups is 1. The van der Waals surface area contributed by atoms with Crippen LogP contribution in [0.4, 0.5) is 9.18 Å². The molecule has 178 valence electrons. The number of nitrogens with zero attached hydrogens (tertiary/aromatic N) is 3. The number of thiazole rings is 1. The first kappa shape index (κ1) is 22.7. The fourth-order valence-corrected chi connectivity index (χ4v) is 7.32. The van der Waals surface area contributed by atoms with Crippen LogP contribution in [0.2, 0.25) is 0 Å². The number of morpholine rings is 1. The SMILES string of the molecule is NC(=O)N1C(=O)C2Sc3c(sc(=O)n3CC(=O)N3CCOCC3)C(c3ccc(F)cc3)C2C1=O. The van der Waals surface area contributed by atoms with Gasteiger partial charge < -0.3 is 15.4 Å². The molecule has 3 aliphatic heterocycles. The van der Waals surface area contributed by atoms with Crippen molar-refractivity contribution in [1.82, 2.24) is 14.4 Å². The molecule has 0 aliphatic carbocycles. The molecule has 3 unspecified atom stereocenters. The number of carbonyl (C=O) groups excluding carboxylic acids is 4. The van der Waals surface area contributed by atoms with E-state index in [1.165, 1.54) is 28.8 Å². The fourth-order valence-electron chi connectivity index (χ4n) is 4.55. The maximum atomic E-state index is 13.6. The van der Waals surface area contributed by atoms with Crippen molar-refractivity contribution in [3.63, 3.8) is 0 Å². The largest absolute Gasteiger partial charge is 0.378 e. The van der Waals surface area contributed by atoms with Gasteiger partial charge in [0, 0.05) is 23.9 Å². The highest BCUT2D eigenvalue weighted by Crippen LogP contribution is 2.53. The predicted molar refractivity (Wildman–Crippen MR) is 119 cm³/mol. The predicted octanol–water partition coefficient (Wildman–Crippen LogP) is 0.578. The summed E-state index contributed by atoms with van der Waals surface area (Å²) >= 11 is 1.86. The van der Waals surface area contributed by atoms with Gasteiger partial charge >= 0.3 is 10.9 Å². The molecule has 10 nitrogen and oxygen atoms in total. The second-order valence-electron chi connectivity index (χ2n) is 8.06. The Morgan fingerprint density at radius 2 is 1.76 bits per heavy atom. The van der Waals surface area contributed by atoms with Crippen molar-refractivity contribution in [2.75, 3.05) is 26.3 Å². The van der Waals surface area contributed by atoms with E-state index < -0.39 is 45.6 Å². The number of nitrogens with two attached hydrogens (primary N) is 1. The van der Waals surface area contributed by atoms with E-state index in [-0.39, 0.29) is 12.5 Å². The molecule has 0 saturated carbocycles. The van der Waals surface area contributed by atoms with E-state index >= 15 is 0 Å². The summed E-state index contributed by atoms with van der Waals surface area (Å²) < 4.78 is 20.2. The third kappa shape index (κ3) is 3.63. The number of halogens is 1. The Morgan fingerprint density at radius 3 is 2.41 bits per heavy atom. The van der Waals surface area contributed by atoms with Gasteiger partial charge in [-0.05, 0) is 17.7 Å². The standard InChI is InChI=1S/C21H19FN4O6S2/c22-11-3-1-10(2-4-11)13-14-15(18(29)26(17(14)28)20(23)30)33-19-16(13)34-21(31)25(19)9-12(27)24-5-7-32-8-6-24/h1-4,13-15H,5-9H2,(H2,23,30). The number of rotatable bonds is 3. The number of hydrogen-bond donors (Lipinski definition) is 1. The molecule has 5 rings (SSSR count). The fraction of sp³-hybridized carbons (Fsp3) is 0.381. The molecule has 1 aromatic carbocycles. The highest BCUT2D eigenvalue weighted by atomic mass is 32.2. The number of primary amides is 1. The van der Waals surface area contributed by atoms with Gasteiger partial charge in [-0.25, -0.2) is 9.18 Å². The van der Waals surface area contributed by atoms with Gasteiger partial charge in [0.05, 0.1) is 24.2 Å². The Labute approximate surface area is 200 Å². The van der Waals surface area contributed by atoms with Gasteiger partial charge in [0.1, 0.15) is 17.6 Å². The molecule has 3 aliphatic rings. The van der Waals surface area contributed by atoms with Crippen molar-refractivity contribution in [1.29, 1.82) is 0 Å². The normalized spacial score (nSPS) is 24.2. The van der Waals surface area contributed by atoms with E-state index in [4.69, 9.17) is 10.5 Å². The lowest BCUT2D eigenvalue weighted by atomic mass is 9.83. The third-order valence-corrected chi connectivity index (χ3v) is 8.76. The van der Waals surface area contributed by atoms with Crippen molar-refractivity contribution in [3.05, 3.63) is 50.2 Å². The van der Waals surface area contributed by atoms with Crippen LogP contribution in [-0.4, -0.2) is 69.7 Å². The van der Waals surface area contributed by atoms with Crippen LogP contribution in [0.1, 0.15) is 16.4 Å². The molecule has 5 amide bonds. The molecule has 1 aromatic heterocycles. The Hall–Kier alpha value is -3.03. The van der Waals surface area contributed by atoms with Crippen LogP contribution < -0.4 is 10.6 Å². The van der Waals surface area contributed by atoms with Crippen molar-refractivity contribution >= 4 is 46.9 Å². The van der Waals surface area contributed by atoms with Gasteiger partial charge in [0.25, 0.3) is 5.91 Å². The molecule has 2 saturated heterocycles. The topological polar surface area (TPSA) is 132 Å². The van der Waals surface area contributed by atoms with E-state index in [1.807, 2.05) is 0 Å². The highest BCUT2D eigenvalue weighted by molar-refractivity contribution is 8.00. The van der Waals surface area contributed by atoms with E-state index in [0.29, 0.717) is 46.7 Å². The van der Waals surface area contributed by atoms with Crippen molar-refractivity contribution in [2.24, 2.45) is 11.7 Å². The van der Waals surface area contributed by atoms with Crippen LogP contribution in [-0.2, 0) is 25.7 Å². The Kier molecular flexibility index (Phi) is 5.78. The first-order chi connectivity index (χ1) is 16.3. The van der Waals surface area contributed by atoms with Gasteiger partial charge in [-0.15, -0.1) is 0 Å². The Bertz CT molecular complexity index is 1250. The number of likely N-dealkylation sites (tertiary alicyclic amines) is 1. The molecule has 0 bridgehead atoms. The minimum Gasteiger partial charge on any atom is -0.378 e. The summed E-state index contributed by atoms with van der Waals surface area (Å²) in [5, 5.41) is -0.624. The summed E-state index contributed by atoms with van der Waals surface area (Å²) in [7, 11) is 0. The summed E-state index contributed by atoms with van der Waals surface area (Å²) in [5.74, 6) is -4.05. The number of carbonyl (C=O) groups is 4. The molecular weight excluding hydrogens is 487 g/mol. The van der Waals surface area contributed by atoms with Gasteiger partial charge in [0.2, 0.25) is 11.8 Å². The van der Waals surface area contributed by atoms with E-state index in [2.05, 4.69) is 0 Å². The van der Waals surface area contributed by atoms with E-state index in [0.717, 1.165) is 23.1 Å². The molecule has 0 spiro atoms. The Morgan fingerprint density at radius 1 is 1.09 bits per heavy atom. The average molecular weight is 507 g/mol. The molecule has 3 atom stereocenters. The van der Waals surface area contributed by atoms with Crippen LogP contribution in [0, 0.1) is 11.7 Å². The maximum absolute atomic E-state index is 13.6. The minimum atomic E-state index is -1.17. The smallest absolute Gasteiger partial charge is 0.328 e. The van der Waals surface area contributed by atoms with Gasteiger partial charge in [-0.2, -0.15) is 4.90 Å². The first-order valence-electron chi connectivity index (χ1n) is 10.5. The molecular formula is C21H19FN4O6S2. The van der Waals surface area contributed by atoms with Crippen LogP contribution >= 0.6 is 23.1 Å². The number of urea groups is 1. The van der Waals surface area contributed by atoms with Crippen LogP contribution in [0.25, 0.3) is 0 Å². The Balaban J connectivity index is 1.59. The zero-order chi connectivity index (χ0) is 24.1. The van der Waals surface area contributed by atoms with Gasteiger partial charge in [-0.3, -0.25) is 23.7 Å². The molecule has 2 N–H and O–H groups in total. The summed E-state index contributed by atoms with van der Waals surface area (Å²) in [4.78, 5) is 65.8. The van der Waals surface area contributed by atoms with Crippen molar-refractivity contribution in [3.8, 4) is 0 Å².